The molecule has 2 aromatic rings. The third-order valence-electron chi connectivity index (χ3n) is 6.72. The highest BCUT2D eigenvalue weighted by molar-refractivity contribution is 5.86. The van der Waals surface area contributed by atoms with E-state index in [9.17, 15) is 9.59 Å². The SMILES string of the molecule is CN(C)C(=O)[C@@]1(Cc2ccccc2-c2cccnc2)CCCN(C(=O)C2CCC2)C1. The zero-order valence-corrected chi connectivity index (χ0v) is 18.0. The van der Waals surface area contributed by atoms with Crippen LogP contribution >= 0.6 is 0 Å². The van der Waals surface area contributed by atoms with E-state index in [1.165, 1.54) is 0 Å². The van der Waals surface area contributed by atoms with Crippen molar-refractivity contribution in [2.24, 2.45) is 11.3 Å². The summed E-state index contributed by atoms with van der Waals surface area (Å²) in [5, 5.41) is 0. The van der Waals surface area contributed by atoms with Crippen LogP contribution in [0.1, 0.15) is 37.7 Å². The van der Waals surface area contributed by atoms with Crippen LogP contribution < -0.4 is 0 Å². The van der Waals surface area contributed by atoms with E-state index in [1.54, 1.807) is 11.1 Å². The maximum atomic E-state index is 13.5. The summed E-state index contributed by atoms with van der Waals surface area (Å²) in [7, 11) is 3.65. The Kier molecular flexibility index (Phi) is 5.89. The Morgan fingerprint density at radius 3 is 2.60 bits per heavy atom. The molecule has 2 aliphatic rings. The molecule has 1 saturated heterocycles. The van der Waals surface area contributed by atoms with Crippen molar-refractivity contribution < 1.29 is 9.59 Å². The van der Waals surface area contributed by atoms with Gasteiger partial charge in [-0.05, 0) is 49.3 Å². The fourth-order valence-electron chi connectivity index (χ4n) is 4.94. The molecule has 1 aliphatic carbocycles. The Bertz CT molecular complexity index is 908. The van der Waals surface area contributed by atoms with Crippen molar-refractivity contribution >= 4 is 11.8 Å². The summed E-state index contributed by atoms with van der Waals surface area (Å²) in [6.45, 7) is 1.28. The lowest BCUT2D eigenvalue weighted by Gasteiger charge is -2.45. The number of aromatic nitrogens is 1. The monoisotopic (exact) mass is 405 g/mol. The predicted molar refractivity (Wildman–Crippen MR) is 118 cm³/mol. The molecule has 4 rings (SSSR count). The topological polar surface area (TPSA) is 53.5 Å². The minimum Gasteiger partial charge on any atom is -0.348 e. The second kappa shape index (κ2) is 8.58. The molecule has 158 valence electrons. The van der Waals surface area contributed by atoms with E-state index in [2.05, 4.69) is 23.2 Å². The van der Waals surface area contributed by atoms with Gasteiger partial charge in [0.1, 0.15) is 0 Å². The molecule has 1 saturated carbocycles. The highest BCUT2D eigenvalue weighted by Gasteiger charge is 2.45. The Labute approximate surface area is 179 Å². The second-order valence-electron chi connectivity index (χ2n) is 9.05. The van der Waals surface area contributed by atoms with Crippen molar-refractivity contribution in [1.82, 2.24) is 14.8 Å². The first-order chi connectivity index (χ1) is 14.5. The lowest BCUT2D eigenvalue weighted by molar-refractivity contribution is -0.150. The molecule has 2 fully saturated rings. The number of carbonyl (C=O) groups excluding carboxylic acids is 2. The van der Waals surface area contributed by atoms with Gasteiger partial charge in [0.2, 0.25) is 11.8 Å². The van der Waals surface area contributed by atoms with Crippen LogP contribution in [0.2, 0.25) is 0 Å². The van der Waals surface area contributed by atoms with Crippen molar-refractivity contribution in [3.05, 3.63) is 54.4 Å². The van der Waals surface area contributed by atoms with E-state index in [0.717, 1.165) is 55.3 Å². The van der Waals surface area contributed by atoms with Crippen LogP contribution in [0.15, 0.2) is 48.8 Å². The van der Waals surface area contributed by atoms with Crippen molar-refractivity contribution in [3.8, 4) is 11.1 Å². The van der Waals surface area contributed by atoms with Gasteiger partial charge >= 0.3 is 0 Å². The molecular formula is C25H31N3O2. The third-order valence-corrected chi connectivity index (χ3v) is 6.72. The minimum atomic E-state index is -0.584. The van der Waals surface area contributed by atoms with Crippen LogP contribution in [0.5, 0.6) is 0 Å². The molecule has 0 N–H and O–H groups in total. The highest BCUT2D eigenvalue weighted by Crippen LogP contribution is 2.39. The summed E-state index contributed by atoms with van der Waals surface area (Å²) in [5.74, 6) is 0.532. The number of pyridine rings is 1. The molecule has 1 aromatic carbocycles. The average molecular weight is 406 g/mol. The molecule has 0 bridgehead atoms. The molecule has 5 heteroatoms. The molecule has 1 aliphatic heterocycles. The zero-order valence-electron chi connectivity index (χ0n) is 18.0. The lowest BCUT2D eigenvalue weighted by atomic mass is 9.72. The minimum absolute atomic E-state index is 0.120. The average Bonchev–Trinajstić information content (AvgIpc) is 2.73. The van der Waals surface area contributed by atoms with Gasteiger partial charge in [-0.15, -0.1) is 0 Å². The van der Waals surface area contributed by atoms with Crippen molar-refractivity contribution in [1.29, 1.82) is 0 Å². The van der Waals surface area contributed by atoms with E-state index in [1.807, 2.05) is 43.4 Å². The van der Waals surface area contributed by atoms with Gasteiger partial charge in [-0.3, -0.25) is 14.6 Å². The van der Waals surface area contributed by atoms with Crippen molar-refractivity contribution in [2.75, 3.05) is 27.2 Å². The fourth-order valence-corrected chi connectivity index (χ4v) is 4.94. The van der Waals surface area contributed by atoms with E-state index in [-0.39, 0.29) is 17.7 Å². The van der Waals surface area contributed by atoms with Crippen LogP contribution in [0.3, 0.4) is 0 Å². The number of carbonyl (C=O) groups is 2. The van der Waals surface area contributed by atoms with Crippen LogP contribution in [-0.2, 0) is 16.0 Å². The van der Waals surface area contributed by atoms with Crippen LogP contribution in [0.4, 0.5) is 0 Å². The summed E-state index contributed by atoms with van der Waals surface area (Å²) in [5.41, 5.74) is 2.72. The highest BCUT2D eigenvalue weighted by atomic mass is 16.2. The smallest absolute Gasteiger partial charge is 0.230 e. The van der Waals surface area contributed by atoms with E-state index in [0.29, 0.717) is 13.0 Å². The fraction of sp³-hybridized carbons (Fsp3) is 0.480. The molecule has 5 nitrogen and oxygen atoms in total. The van der Waals surface area contributed by atoms with Crippen LogP contribution in [0.25, 0.3) is 11.1 Å². The standard InChI is InChI=1S/C25H31N3O2/c1-27(2)24(30)25(13-7-15-28(18-25)23(29)19-9-5-10-19)16-20-8-3-4-12-22(20)21-11-6-14-26-17-21/h3-4,6,8,11-12,14,17,19H,5,7,9-10,13,15-16,18H2,1-2H3/t25-/m1/s1. The van der Waals surface area contributed by atoms with Gasteiger partial charge in [0, 0.05) is 51.1 Å². The Morgan fingerprint density at radius 1 is 1.13 bits per heavy atom. The number of piperidine rings is 1. The van der Waals surface area contributed by atoms with Crippen LogP contribution in [0, 0.1) is 11.3 Å². The summed E-state index contributed by atoms with van der Waals surface area (Å²) < 4.78 is 0. The Morgan fingerprint density at radius 2 is 1.93 bits per heavy atom. The summed E-state index contributed by atoms with van der Waals surface area (Å²) >= 11 is 0. The molecular weight excluding hydrogens is 374 g/mol. The van der Waals surface area contributed by atoms with E-state index < -0.39 is 5.41 Å². The van der Waals surface area contributed by atoms with Gasteiger partial charge in [0.15, 0.2) is 0 Å². The summed E-state index contributed by atoms with van der Waals surface area (Å²) in [4.78, 5) is 34.4. The third kappa shape index (κ3) is 3.98. The number of rotatable bonds is 5. The number of benzene rings is 1. The lowest BCUT2D eigenvalue weighted by Crippen LogP contribution is -2.55. The molecule has 1 aromatic heterocycles. The molecule has 2 heterocycles. The summed E-state index contributed by atoms with van der Waals surface area (Å²) in [6, 6.07) is 12.3. The largest absolute Gasteiger partial charge is 0.348 e. The van der Waals surface area contributed by atoms with Crippen LogP contribution in [-0.4, -0.2) is 53.8 Å². The molecule has 0 spiro atoms. The molecule has 30 heavy (non-hydrogen) atoms. The Hall–Kier alpha value is -2.69. The van der Waals surface area contributed by atoms with Gasteiger partial charge in [-0.25, -0.2) is 0 Å². The van der Waals surface area contributed by atoms with Gasteiger partial charge in [0.25, 0.3) is 0 Å². The first-order valence-corrected chi connectivity index (χ1v) is 11.0. The van der Waals surface area contributed by atoms with Gasteiger partial charge in [-0.2, -0.15) is 0 Å². The molecule has 0 radical (unpaired) electrons. The van der Waals surface area contributed by atoms with Gasteiger partial charge < -0.3 is 9.80 Å². The maximum absolute atomic E-state index is 13.5. The Balaban J connectivity index is 1.67. The number of hydrogen-bond acceptors (Lipinski definition) is 3. The number of likely N-dealkylation sites (tertiary alicyclic amines) is 1. The van der Waals surface area contributed by atoms with Crippen molar-refractivity contribution in [3.63, 3.8) is 0 Å². The number of hydrogen-bond donors (Lipinski definition) is 0. The predicted octanol–water partition coefficient (Wildman–Crippen LogP) is 3.79. The molecule has 2 amide bonds. The van der Waals surface area contributed by atoms with Gasteiger partial charge in [0.05, 0.1) is 5.41 Å². The summed E-state index contributed by atoms with van der Waals surface area (Å²) in [6.07, 6.45) is 9.07. The van der Waals surface area contributed by atoms with E-state index in [4.69, 9.17) is 0 Å². The first kappa shape index (κ1) is 20.6. The van der Waals surface area contributed by atoms with Gasteiger partial charge in [-0.1, -0.05) is 36.8 Å². The van der Waals surface area contributed by atoms with E-state index >= 15 is 0 Å². The second-order valence-corrected chi connectivity index (χ2v) is 9.05. The number of nitrogens with zero attached hydrogens (tertiary/aromatic N) is 3. The first-order valence-electron chi connectivity index (χ1n) is 11.0. The normalized spacial score (nSPS) is 21.7. The number of amides is 2. The van der Waals surface area contributed by atoms with Crippen molar-refractivity contribution in [2.45, 2.75) is 38.5 Å². The quantitative estimate of drug-likeness (QED) is 0.761. The molecule has 0 unspecified atom stereocenters. The zero-order chi connectivity index (χ0) is 21.1. The maximum Gasteiger partial charge on any atom is 0.230 e. The molecule has 1 atom stereocenters.